The predicted molar refractivity (Wildman–Crippen MR) is 128 cm³/mol. The van der Waals surface area contributed by atoms with Crippen molar-refractivity contribution in [2.24, 2.45) is 0 Å². The highest BCUT2D eigenvalue weighted by molar-refractivity contribution is 7.89. The number of aliphatic carboxylic acids is 1. The normalized spacial score (nSPS) is 11.5. The van der Waals surface area contributed by atoms with Crippen LogP contribution >= 0.6 is 11.5 Å². The SMILES string of the molecule is O=C(O)COc1c(F)cc(CN(Cc2ccc(-c3csnn3)cc2)S(=O)(=O)c2ccccc2)cc1F. The van der Waals surface area contributed by atoms with E-state index in [1.807, 2.05) is 0 Å². The van der Waals surface area contributed by atoms with Crippen molar-refractivity contribution in [3.63, 3.8) is 0 Å². The molecule has 12 heteroatoms. The maximum Gasteiger partial charge on any atom is 0.341 e. The number of ether oxygens (including phenoxy) is 1. The van der Waals surface area contributed by atoms with Gasteiger partial charge in [0.2, 0.25) is 10.0 Å². The first-order valence-corrected chi connectivity index (χ1v) is 12.8. The molecule has 1 heterocycles. The third-order valence-electron chi connectivity index (χ3n) is 5.11. The minimum Gasteiger partial charge on any atom is -0.479 e. The molecule has 0 unspecified atom stereocenters. The van der Waals surface area contributed by atoms with E-state index in [2.05, 4.69) is 14.3 Å². The maximum atomic E-state index is 14.5. The molecule has 0 fully saturated rings. The molecule has 4 rings (SSSR count). The van der Waals surface area contributed by atoms with Gasteiger partial charge in [-0.1, -0.05) is 47.0 Å². The third-order valence-corrected chi connectivity index (χ3v) is 7.42. The van der Waals surface area contributed by atoms with Gasteiger partial charge in [-0.25, -0.2) is 22.0 Å². The van der Waals surface area contributed by atoms with E-state index in [-0.39, 0.29) is 23.5 Å². The van der Waals surface area contributed by atoms with Gasteiger partial charge in [-0.05, 0) is 46.9 Å². The fourth-order valence-corrected chi connectivity index (χ4v) is 5.32. The van der Waals surface area contributed by atoms with Crippen LogP contribution in [-0.2, 0) is 27.9 Å². The van der Waals surface area contributed by atoms with Gasteiger partial charge >= 0.3 is 5.97 Å². The van der Waals surface area contributed by atoms with Crippen LogP contribution < -0.4 is 4.74 Å². The number of carboxylic acid groups (broad SMARTS) is 1. The summed E-state index contributed by atoms with van der Waals surface area (Å²) in [5.41, 5.74) is 2.17. The number of aromatic nitrogens is 2. The van der Waals surface area contributed by atoms with E-state index in [0.717, 1.165) is 22.0 Å². The zero-order valence-electron chi connectivity index (χ0n) is 18.5. The lowest BCUT2D eigenvalue weighted by atomic mass is 10.1. The van der Waals surface area contributed by atoms with Gasteiger partial charge in [0.1, 0.15) is 5.69 Å². The van der Waals surface area contributed by atoms with E-state index in [1.54, 1.807) is 47.8 Å². The zero-order chi connectivity index (χ0) is 25.7. The standard InChI is InChI=1S/C24H19F2N3O5S2/c25-20-10-17(11-21(26)24(20)34-14-23(30)31)13-29(36(32,33)19-4-2-1-3-5-19)12-16-6-8-18(9-7-16)22-15-35-28-27-22/h1-11,15H,12-14H2,(H,30,31). The minimum absolute atomic E-state index is 0.0253. The molecular weight excluding hydrogens is 512 g/mol. The third kappa shape index (κ3) is 5.90. The Hall–Kier alpha value is -3.74. The Bertz CT molecular complexity index is 1430. The monoisotopic (exact) mass is 531 g/mol. The Balaban J connectivity index is 1.64. The lowest BCUT2D eigenvalue weighted by Crippen LogP contribution is -2.30. The topological polar surface area (TPSA) is 110 Å². The van der Waals surface area contributed by atoms with Crippen molar-refractivity contribution in [2.75, 3.05) is 6.61 Å². The summed E-state index contributed by atoms with van der Waals surface area (Å²) in [5, 5.41) is 14.5. The summed E-state index contributed by atoms with van der Waals surface area (Å²) in [7, 11) is -4.05. The van der Waals surface area contributed by atoms with E-state index < -0.39 is 40.0 Å². The Labute approximate surface area is 209 Å². The summed E-state index contributed by atoms with van der Waals surface area (Å²) < 4.78 is 65.5. The predicted octanol–water partition coefficient (Wildman–Crippen LogP) is 4.34. The number of hydrogen-bond acceptors (Lipinski definition) is 7. The Kier molecular flexibility index (Phi) is 7.67. The van der Waals surface area contributed by atoms with Crippen molar-refractivity contribution < 1.29 is 31.8 Å². The molecule has 0 bridgehead atoms. The number of sulfonamides is 1. The first-order valence-electron chi connectivity index (χ1n) is 10.5. The summed E-state index contributed by atoms with van der Waals surface area (Å²) in [5.74, 6) is -4.50. The van der Waals surface area contributed by atoms with E-state index in [4.69, 9.17) is 5.11 Å². The lowest BCUT2D eigenvalue weighted by Gasteiger charge is -2.23. The molecule has 0 aliphatic rings. The zero-order valence-corrected chi connectivity index (χ0v) is 20.2. The average Bonchev–Trinajstić information content (AvgIpc) is 3.39. The number of carbonyl (C=O) groups is 1. The van der Waals surface area contributed by atoms with Gasteiger partial charge in [0.25, 0.3) is 0 Å². The van der Waals surface area contributed by atoms with Gasteiger partial charge in [-0.3, -0.25) is 0 Å². The highest BCUT2D eigenvalue weighted by Gasteiger charge is 2.26. The largest absolute Gasteiger partial charge is 0.479 e. The molecule has 0 radical (unpaired) electrons. The first-order chi connectivity index (χ1) is 17.2. The van der Waals surface area contributed by atoms with Gasteiger partial charge in [0, 0.05) is 24.0 Å². The number of rotatable bonds is 10. The molecular formula is C24H19F2N3O5S2. The van der Waals surface area contributed by atoms with Crippen LogP contribution in [-0.4, -0.2) is 40.0 Å². The van der Waals surface area contributed by atoms with Crippen molar-refractivity contribution in [3.05, 3.63) is 94.9 Å². The van der Waals surface area contributed by atoms with Gasteiger partial charge in [0.05, 0.1) is 4.90 Å². The second-order valence-corrected chi connectivity index (χ2v) is 10.2. The number of halogens is 2. The van der Waals surface area contributed by atoms with Crippen molar-refractivity contribution in [1.82, 2.24) is 13.9 Å². The van der Waals surface area contributed by atoms with Gasteiger partial charge in [0.15, 0.2) is 24.0 Å². The Morgan fingerprint density at radius 3 is 2.19 bits per heavy atom. The molecule has 0 aliphatic heterocycles. The summed E-state index contributed by atoms with van der Waals surface area (Å²) in [6.45, 7) is -1.34. The summed E-state index contributed by atoms with van der Waals surface area (Å²) in [4.78, 5) is 10.7. The smallest absolute Gasteiger partial charge is 0.341 e. The molecule has 0 aliphatic carbocycles. The highest BCUT2D eigenvalue weighted by atomic mass is 32.2. The van der Waals surface area contributed by atoms with Crippen LogP contribution in [0.15, 0.2) is 77.0 Å². The average molecular weight is 532 g/mol. The van der Waals surface area contributed by atoms with Gasteiger partial charge in [-0.2, -0.15) is 4.31 Å². The lowest BCUT2D eigenvalue weighted by molar-refractivity contribution is -0.139. The van der Waals surface area contributed by atoms with Crippen molar-refractivity contribution in [2.45, 2.75) is 18.0 Å². The van der Waals surface area contributed by atoms with Crippen molar-refractivity contribution >= 4 is 27.5 Å². The highest BCUT2D eigenvalue weighted by Crippen LogP contribution is 2.27. The van der Waals surface area contributed by atoms with E-state index in [1.165, 1.54) is 23.7 Å². The number of benzene rings is 3. The fraction of sp³-hybridized carbons (Fsp3) is 0.125. The minimum atomic E-state index is -4.05. The first kappa shape index (κ1) is 25.4. The second kappa shape index (κ2) is 10.9. The molecule has 0 amide bonds. The van der Waals surface area contributed by atoms with Gasteiger partial charge in [-0.15, -0.1) is 5.10 Å². The summed E-state index contributed by atoms with van der Waals surface area (Å²) in [6, 6.07) is 16.6. The maximum absolute atomic E-state index is 14.5. The quantitative estimate of drug-likeness (QED) is 0.324. The second-order valence-electron chi connectivity index (χ2n) is 7.64. The molecule has 186 valence electrons. The Morgan fingerprint density at radius 1 is 0.972 bits per heavy atom. The summed E-state index contributed by atoms with van der Waals surface area (Å²) >= 11 is 1.21. The van der Waals surface area contributed by atoms with Crippen LogP contribution in [0, 0.1) is 11.6 Å². The summed E-state index contributed by atoms with van der Waals surface area (Å²) in [6.07, 6.45) is 0. The van der Waals surface area contributed by atoms with E-state index in [0.29, 0.717) is 11.3 Å². The van der Waals surface area contributed by atoms with Gasteiger partial charge < -0.3 is 9.84 Å². The fourth-order valence-electron chi connectivity index (χ4n) is 3.42. The number of nitrogens with zero attached hydrogens (tertiary/aromatic N) is 3. The Morgan fingerprint density at radius 2 is 1.61 bits per heavy atom. The van der Waals surface area contributed by atoms with Crippen LogP contribution in [0.25, 0.3) is 11.3 Å². The molecule has 0 saturated heterocycles. The molecule has 0 spiro atoms. The molecule has 1 aromatic heterocycles. The van der Waals surface area contributed by atoms with Crippen molar-refractivity contribution in [1.29, 1.82) is 0 Å². The number of carboxylic acids is 1. The van der Waals surface area contributed by atoms with Crippen molar-refractivity contribution in [3.8, 4) is 17.0 Å². The molecule has 8 nitrogen and oxygen atoms in total. The molecule has 36 heavy (non-hydrogen) atoms. The molecule has 0 atom stereocenters. The van der Waals surface area contributed by atoms with Crippen LogP contribution in [0.2, 0.25) is 0 Å². The van der Waals surface area contributed by atoms with E-state index in [9.17, 15) is 22.0 Å². The molecule has 4 aromatic rings. The van der Waals surface area contributed by atoms with Crippen LogP contribution in [0.1, 0.15) is 11.1 Å². The van der Waals surface area contributed by atoms with E-state index >= 15 is 0 Å². The van der Waals surface area contributed by atoms with Crippen LogP contribution in [0.4, 0.5) is 8.78 Å². The molecule has 3 aromatic carbocycles. The molecule has 1 N–H and O–H groups in total. The molecule has 0 saturated carbocycles. The van der Waals surface area contributed by atoms with Crippen LogP contribution in [0.5, 0.6) is 5.75 Å². The van der Waals surface area contributed by atoms with Crippen LogP contribution in [0.3, 0.4) is 0 Å². The number of hydrogen-bond donors (Lipinski definition) is 1.